The minimum atomic E-state index is -0.517. The van der Waals surface area contributed by atoms with Gasteiger partial charge in [0.15, 0.2) is 6.29 Å². The van der Waals surface area contributed by atoms with Gasteiger partial charge in [-0.25, -0.2) is 4.79 Å². The molecule has 0 aromatic rings. The maximum Gasteiger partial charge on any atom is 0.409 e. The number of ether oxygens (including phenoxy) is 4. The normalized spacial score (nSPS) is 50.9. The van der Waals surface area contributed by atoms with Crippen LogP contribution in [-0.2, 0) is 23.7 Å². The van der Waals surface area contributed by atoms with Crippen LogP contribution in [-0.4, -0.2) is 97.0 Å². The average molecular weight is 683 g/mol. The molecule has 9 heteroatoms. The van der Waals surface area contributed by atoms with Crippen LogP contribution in [0.5, 0.6) is 0 Å². The minimum absolute atomic E-state index is 0.0125. The quantitative estimate of drug-likeness (QED) is 0.367. The molecule has 2 amide bonds. The van der Waals surface area contributed by atoms with Crippen molar-refractivity contribution < 1.29 is 33.6 Å². The Hall–Kier alpha value is -1.42. The van der Waals surface area contributed by atoms with Gasteiger partial charge >= 0.3 is 6.09 Å². The van der Waals surface area contributed by atoms with E-state index in [9.17, 15) is 14.7 Å². The molecule has 274 valence electrons. The van der Waals surface area contributed by atoms with E-state index in [1.807, 2.05) is 4.90 Å². The topological polar surface area (TPSA) is 97.8 Å². The maximum absolute atomic E-state index is 12.9. The second-order valence-electron chi connectivity index (χ2n) is 19.5. The summed E-state index contributed by atoms with van der Waals surface area (Å²) in [5, 5.41) is 12.5. The van der Waals surface area contributed by atoms with Gasteiger partial charge in [0.05, 0.1) is 37.6 Å². The van der Waals surface area contributed by atoms with E-state index >= 15 is 0 Å². The Bertz CT molecular complexity index is 1350. The summed E-state index contributed by atoms with van der Waals surface area (Å²) in [6.45, 7) is 15.8. The van der Waals surface area contributed by atoms with Crippen molar-refractivity contribution >= 4 is 12.0 Å². The molecule has 49 heavy (non-hydrogen) atoms. The first-order chi connectivity index (χ1) is 23.3. The molecule has 3 saturated heterocycles. The van der Waals surface area contributed by atoms with Gasteiger partial charge in [-0.2, -0.15) is 0 Å². The Balaban J connectivity index is 0.902. The van der Waals surface area contributed by atoms with Gasteiger partial charge in [0.2, 0.25) is 5.91 Å². The highest BCUT2D eigenvalue weighted by Gasteiger charge is 2.84. The number of aliphatic hydroxyl groups excluding tert-OH is 1. The molecule has 6 saturated carbocycles. The Morgan fingerprint density at radius 3 is 2.41 bits per heavy atom. The average Bonchev–Trinajstić information content (AvgIpc) is 3.96. The molecule has 3 aliphatic heterocycles. The van der Waals surface area contributed by atoms with Crippen LogP contribution in [0, 0.1) is 56.7 Å². The van der Waals surface area contributed by atoms with Crippen LogP contribution in [0.25, 0.3) is 0 Å². The molecule has 9 fully saturated rings. The van der Waals surface area contributed by atoms with Crippen molar-refractivity contribution in [2.24, 2.45) is 56.7 Å². The van der Waals surface area contributed by atoms with E-state index in [0.29, 0.717) is 61.1 Å². The molecule has 9 nitrogen and oxygen atoms in total. The summed E-state index contributed by atoms with van der Waals surface area (Å²) in [4.78, 5) is 29.1. The van der Waals surface area contributed by atoms with E-state index in [4.69, 9.17) is 18.9 Å². The number of morpholine rings is 1. The number of carbonyl (C=O) groups is 2. The fraction of sp³-hybridized carbons (Fsp3) is 0.950. The molecule has 2 spiro atoms. The standard InChI is InChI=1S/C40H62N2O7/c1-24-19-26(22-47-35(45)41-15-6-16-41)48-33-32(24)37(4)13-14-40-23-39(40)12-11-29(36(2,3)27(39)9-10-28(40)38(37,5)34(33)44)49-31-21-42(17-18-46-31)30(43)20-25-7-8-25/h24-29,31-34,44H,6-23H2,1-5H3/t24-,26?,27+,28?,29+,31+,32+,33?,34+,37-,38-,39-,40+/m1/s1. The van der Waals surface area contributed by atoms with Crippen LogP contribution in [0.2, 0.25) is 0 Å². The molecule has 0 aromatic heterocycles. The lowest BCUT2D eigenvalue weighted by molar-refractivity contribution is -0.248. The maximum atomic E-state index is 12.9. The Labute approximate surface area is 293 Å². The summed E-state index contributed by atoms with van der Waals surface area (Å²) in [5.41, 5.74) is 0.412. The molecule has 3 heterocycles. The molecule has 3 unspecified atom stereocenters. The number of nitrogens with zero attached hydrogens (tertiary/aromatic N) is 2. The number of rotatable bonds is 6. The van der Waals surface area contributed by atoms with Crippen molar-refractivity contribution in [3.8, 4) is 0 Å². The zero-order valence-electron chi connectivity index (χ0n) is 30.8. The Morgan fingerprint density at radius 1 is 0.918 bits per heavy atom. The van der Waals surface area contributed by atoms with Crippen LogP contribution < -0.4 is 0 Å². The van der Waals surface area contributed by atoms with Crippen LogP contribution >= 0.6 is 0 Å². The van der Waals surface area contributed by atoms with Crippen molar-refractivity contribution in [2.45, 2.75) is 142 Å². The number of hydrogen-bond donors (Lipinski definition) is 1. The largest absolute Gasteiger partial charge is 0.447 e. The van der Waals surface area contributed by atoms with Gasteiger partial charge in [0.1, 0.15) is 6.61 Å². The third-order valence-corrected chi connectivity index (χ3v) is 17.2. The lowest BCUT2D eigenvalue weighted by Crippen LogP contribution is -2.60. The first kappa shape index (κ1) is 33.4. The van der Waals surface area contributed by atoms with E-state index in [2.05, 4.69) is 34.6 Å². The first-order valence-electron chi connectivity index (χ1n) is 20.1. The number of aliphatic hydroxyl groups is 1. The lowest BCUT2D eigenvalue weighted by atomic mass is 9.41. The van der Waals surface area contributed by atoms with Gasteiger partial charge in [0, 0.05) is 31.5 Å². The highest BCUT2D eigenvalue weighted by atomic mass is 16.7. The second kappa shape index (κ2) is 11.3. The molecule has 1 N–H and O–H groups in total. The Kier molecular flexibility index (Phi) is 7.70. The van der Waals surface area contributed by atoms with Gasteiger partial charge in [-0.3, -0.25) is 4.79 Å². The second-order valence-corrected chi connectivity index (χ2v) is 19.5. The summed E-state index contributed by atoms with van der Waals surface area (Å²) < 4.78 is 25.5. The van der Waals surface area contributed by atoms with E-state index in [-0.39, 0.29) is 64.9 Å². The van der Waals surface area contributed by atoms with Gasteiger partial charge < -0.3 is 33.9 Å². The van der Waals surface area contributed by atoms with Crippen molar-refractivity contribution in [3.05, 3.63) is 0 Å². The number of amides is 2. The summed E-state index contributed by atoms with van der Waals surface area (Å²) in [5.74, 6) is 2.65. The number of fused-ring (bicyclic) bond motifs is 4. The molecule has 6 aliphatic carbocycles. The number of hydrogen-bond acceptors (Lipinski definition) is 7. The van der Waals surface area contributed by atoms with Crippen molar-refractivity contribution in [1.29, 1.82) is 0 Å². The molecule has 0 bridgehead atoms. The van der Waals surface area contributed by atoms with Gasteiger partial charge in [-0.05, 0) is 122 Å². The van der Waals surface area contributed by atoms with E-state index in [0.717, 1.165) is 45.2 Å². The lowest BCUT2D eigenvalue weighted by Gasteiger charge is -2.64. The van der Waals surface area contributed by atoms with Crippen molar-refractivity contribution in [2.75, 3.05) is 39.4 Å². The monoisotopic (exact) mass is 682 g/mol. The van der Waals surface area contributed by atoms with Crippen LogP contribution in [0.4, 0.5) is 4.79 Å². The van der Waals surface area contributed by atoms with Crippen LogP contribution in [0.3, 0.4) is 0 Å². The van der Waals surface area contributed by atoms with Gasteiger partial charge in [-0.15, -0.1) is 0 Å². The molecule has 0 radical (unpaired) electrons. The smallest absolute Gasteiger partial charge is 0.409 e. The SMILES string of the molecule is C[C@@H]1CC(COC(=O)N2CCC2)OC2[C@H]1[C@@]1(C)CC[C@@]34C[C@@]35CC[C@H](O[C@H]3CN(C(=O)CC6CC6)CCO3)C(C)(C)[C@@H]5CCC4[C@]1(C)[C@H]2O. The van der Waals surface area contributed by atoms with E-state index in [1.165, 1.54) is 38.5 Å². The van der Waals surface area contributed by atoms with Crippen LogP contribution in [0.15, 0.2) is 0 Å². The van der Waals surface area contributed by atoms with E-state index < -0.39 is 6.10 Å². The Morgan fingerprint density at radius 2 is 1.67 bits per heavy atom. The molecule has 13 atom stereocenters. The molecule has 9 rings (SSSR count). The van der Waals surface area contributed by atoms with Gasteiger partial charge in [0.25, 0.3) is 0 Å². The number of carbonyl (C=O) groups excluding carboxylic acids is 2. The molecule has 9 aliphatic rings. The number of likely N-dealkylation sites (tertiary alicyclic amines) is 1. The summed E-state index contributed by atoms with van der Waals surface area (Å²) >= 11 is 0. The van der Waals surface area contributed by atoms with Gasteiger partial charge in [-0.1, -0.05) is 34.6 Å². The predicted molar refractivity (Wildman–Crippen MR) is 182 cm³/mol. The fourth-order valence-electron chi connectivity index (χ4n) is 14.3. The first-order valence-corrected chi connectivity index (χ1v) is 20.1. The zero-order valence-corrected chi connectivity index (χ0v) is 30.8. The third-order valence-electron chi connectivity index (χ3n) is 17.2. The molecular weight excluding hydrogens is 620 g/mol. The van der Waals surface area contributed by atoms with Crippen molar-refractivity contribution in [1.82, 2.24) is 9.80 Å². The minimum Gasteiger partial charge on any atom is -0.447 e. The predicted octanol–water partition coefficient (Wildman–Crippen LogP) is 6.01. The summed E-state index contributed by atoms with van der Waals surface area (Å²) in [6, 6.07) is 0. The van der Waals surface area contributed by atoms with Crippen LogP contribution in [0.1, 0.15) is 112 Å². The highest BCUT2D eigenvalue weighted by Crippen LogP contribution is 2.89. The highest BCUT2D eigenvalue weighted by molar-refractivity contribution is 5.76. The molecule has 0 aromatic carbocycles. The summed E-state index contributed by atoms with van der Waals surface area (Å²) in [6.07, 6.45) is 11.9. The molecular formula is C40H62N2O7. The fourth-order valence-corrected chi connectivity index (χ4v) is 14.3. The zero-order chi connectivity index (χ0) is 34.1. The summed E-state index contributed by atoms with van der Waals surface area (Å²) in [7, 11) is 0. The van der Waals surface area contributed by atoms with Crippen molar-refractivity contribution in [3.63, 3.8) is 0 Å². The third kappa shape index (κ3) is 4.68. The van der Waals surface area contributed by atoms with E-state index in [1.54, 1.807) is 4.90 Å².